The lowest BCUT2D eigenvalue weighted by Gasteiger charge is -2.33. The molecule has 0 fully saturated rings. The Bertz CT molecular complexity index is 1970. The van der Waals surface area contributed by atoms with Gasteiger partial charge in [-0.1, -0.05) is 125 Å². The van der Waals surface area contributed by atoms with Crippen LogP contribution in [0.2, 0.25) is 0 Å². The molecule has 3 heteroatoms. The summed E-state index contributed by atoms with van der Waals surface area (Å²) in [6.07, 6.45) is 7.51. The summed E-state index contributed by atoms with van der Waals surface area (Å²) < 4.78 is 1.04. The topological polar surface area (TPSA) is 29.1 Å². The smallest absolute Gasteiger partial charge is 0.211 e. The van der Waals surface area contributed by atoms with Gasteiger partial charge in [0.15, 0.2) is 0 Å². The van der Waals surface area contributed by atoms with Crippen LogP contribution in [-0.4, -0.2) is 6.41 Å². The summed E-state index contributed by atoms with van der Waals surface area (Å²) in [6, 6.07) is 39.1. The van der Waals surface area contributed by atoms with Crippen molar-refractivity contribution in [2.24, 2.45) is 0 Å². The van der Waals surface area contributed by atoms with E-state index in [0.717, 1.165) is 46.1 Å². The molecule has 5 aromatic carbocycles. The fourth-order valence-electron chi connectivity index (χ4n) is 7.57. The summed E-state index contributed by atoms with van der Waals surface area (Å²) in [4.78, 5) is 11.6. The predicted octanol–water partition coefficient (Wildman–Crippen LogP) is 9.78. The Labute approximate surface area is 248 Å². The number of halogens is 1. The molecule has 0 aromatic heterocycles. The maximum absolute atomic E-state index is 11.6. The van der Waals surface area contributed by atoms with Crippen LogP contribution in [0.25, 0.3) is 39.0 Å². The molecule has 5 aromatic rings. The Morgan fingerprint density at radius 2 is 1.29 bits per heavy atom. The van der Waals surface area contributed by atoms with Crippen molar-refractivity contribution < 1.29 is 4.79 Å². The largest absolute Gasteiger partial charge is 0.328 e. The molecule has 0 saturated carbocycles. The maximum Gasteiger partial charge on any atom is 0.211 e. The Balaban J connectivity index is 1.55. The summed E-state index contributed by atoms with van der Waals surface area (Å²) in [7, 11) is 0. The zero-order chi connectivity index (χ0) is 27.6. The van der Waals surface area contributed by atoms with Crippen LogP contribution in [0.1, 0.15) is 35.1 Å². The van der Waals surface area contributed by atoms with Gasteiger partial charge in [-0.3, -0.25) is 4.79 Å². The fraction of sp³-hybridized carbons (Fsp3) is 0.0789. The first kappa shape index (κ1) is 24.3. The van der Waals surface area contributed by atoms with E-state index < -0.39 is 0 Å². The van der Waals surface area contributed by atoms with E-state index in [2.05, 4.69) is 124 Å². The first-order valence-corrected chi connectivity index (χ1v) is 14.9. The number of anilines is 1. The van der Waals surface area contributed by atoms with E-state index in [4.69, 9.17) is 0 Å². The van der Waals surface area contributed by atoms with Crippen molar-refractivity contribution in [3.05, 3.63) is 154 Å². The average molecular weight is 593 g/mol. The van der Waals surface area contributed by atoms with Gasteiger partial charge in [-0.25, -0.2) is 0 Å². The summed E-state index contributed by atoms with van der Waals surface area (Å²) >= 11 is 3.90. The SMILES string of the molecule is O=CNc1ccccc1-c1ccc2c(c1-c1ccccc1Br)-c1ccccc1C21C2=C(C=CCC2)c2ccccc21. The molecule has 0 radical (unpaired) electrons. The van der Waals surface area contributed by atoms with E-state index in [-0.39, 0.29) is 5.41 Å². The van der Waals surface area contributed by atoms with Crippen LogP contribution in [0.3, 0.4) is 0 Å². The second-order valence-corrected chi connectivity index (χ2v) is 11.7. The van der Waals surface area contributed by atoms with Gasteiger partial charge in [-0.05, 0) is 86.2 Å². The van der Waals surface area contributed by atoms with Crippen LogP contribution in [0.15, 0.2) is 131 Å². The Morgan fingerprint density at radius 1 is 0.634 bits per heavy atom. The highest BCUT2D eigenvalue weighted by Crippen LogP contribution is 2.65. The quantitative estimate of drug-likeness (QED) is 0.207. The van der Waals surface area contributed by atoms with Crippen LogP contribution in [0, 0.1) is 0 Å². The Hall–Kier alpha value is -4.47. The number of hydrogen-bond acceptors (Lipinski definition) is 1. The molecular weight excluding hydrogens is 566 g/mol. The molecule has 1 atom stereocenters. The third-order valence-corrected chi connectivity index (χ3v) is 9.72. The van der Waals surface area contributed by atoms with Crippen LogP contribution in [0.5, 0.6) is 0 Å². The van der Waals surface area contributed by atoms with Crippen molar-refractivity contribution in [3.63, 3.8) is 0 Å². The van der Waals surface area contributed by atoms with Gasteiger partial charge in [0.2, 0.25) is 6.41 Å². The van der Waals surface area contributed by atoms with Gasteiger partial charge in [-0.2, -0.15) is 0 Å². The lowest BCUT2D eigenvalue weighted by Crippen LogP contribution is -2.27. The number of hydrogen-bond donors (Lipinski definition) is 1. The number of amides is 1. The van der Waals surface area contributed by atoms with Gasteiger partial charge >= 0.3 is 0 Å². The average Bonchev–Trinajstić information content (AvgIpc) is 3.49. The van der Waals surface area contributed by atoms with Gasteiger partial charge < -0.3 is 5.32 Å². The van der Waals surface area contributed by atoms with Gasteiger partial charge in [0.25, 0.3) is 0 Å². The number of carbonyl (C=O) groups is 1. The van der Waals surface area contributed by atoms with Gasteiger partial charge in [-0.15, -0.1) is 0 Å². The van der Waals surface area contributed by atoms with E-state index in [9.17, 15) is 4.79 Å². The molecule has 1 amide bonds. The second kappa shape index (κ2) is 9.29. The van der Waals surface area contributed by atoms with Crippen molar-refractivity contribution in [2.45, 2.75) is 18.3 Å². The van der Waals surface area contributed by atoms with E-state index in [1.54, 1.807) is 0 Å². The van der Waals surface area contributed by atoms with E-state index in [1.165, 1.54) is 50.1 Å². The fourth-order valence-corrected chi connectivity index (χ4v) is 8.06. The molecule has 196 valence electrons. The van der Waals surface area contributed by atoms with Crippen molar-refractivity contribution >= 4 is 33.6 Å². The predicted molar refractivity (Wildman–Crippen MR) is 172 cm³/mol. The van der Waals surface area contributed by atoms with Gasteiger partial charge in [0, 0.05) is 15.7 Å². The number of carbonyl (C=O) groups excluding carboxylic acids is 1. The van der Waals surface area contributed by atoms with E-state index in [1.807, 2.05) is 18.2 Å². The van der Waals surface area contributed by atoms with Crippen LogP contribution in [0.4, 0.5) is 5.69 Å². The summed E-state index contributed by atoms with van der Waals surface area (Å²) in [5.74, 6) is 0. The van der Waals surface area contributed by atoms with Gasteiger partial charge in [0.05, 0.1) is 5.41 Å². The van der Waals surface area contributed by atoms with Crippen molar-refractivity contribution in [1.29, 1.82) is 0 Å². The molecule has 8 rings (SSSR count). The molecule has 1 spiro atoms. The van der Waals surface area contributed by atoms with Crippen LogP contribution in [-0.2, 0) is 10.2 Å². The number of benzene rings is 5. The molecule has 1 N–H and O–H groups in total. The Morgan fingerprint density at radius 3 is 2.07 bits per heavy atom. The molecule has 3 aliphatic carbocycles. The molecule has 3 aliphatic rings. The molecule has 0 heterocycles. The van der Waals surface area contributed by atoms with Crippen LogP contribution >= 0.6 is 15.9 Å². The third kappa shape index (κ3) is 3.27. The zero-order valence-electron chi connectivity index (χ0n) is 22.3. The number of rotatable bonds is 4. The Kier molecular flexibility index (Phi) is 5.51. The maximum atomic E-state index is 11.6. The minimum atomic E-state index is -0.336. The number of allylic oxidation sites excluding steroid dienone is 4. The standard InChI is InChI=1S/C38H26BrNO/c39-34-19-9-4-15-29(34)36-27(26-13-5-10-20-35(26)40-23-41)21-22-33-37(36)28-14-3-8-18-32(28)38(33)30-16-6-1-11-24(30)25-12-2-7-17-31(25)38/h1-6,8-16,18-23H,7,17H2,(H,40,41). The third-order valence-electron chi connectivity index (χ3n) is 9.03. The second-order valence-electron chi connectivity index (χ2n) is 10.9. The molecule has 0 aliphatic heterocycles. The van der Waals surface area contributed by atoms with E-state index >= 15 is 0 Å². The zero-order valence-corrected chi connectivity index (χ0v) is 23.9. The van der Waals surface area contributed by atoms with Crippen LogP contribution < -0.4 is 5.32 Å². The van der Waals surface area contributed by atoms with Gasteiger partial charge in [0.1, 0.15) is 0 Å². The molecule has 2 nitrogen and oxygen atoms in total. The summed E-state index contributed by atoms with van der Waals surface area (Å²) in [6.45, 7) is 0. The molecule has 1 unspecified atom stereocenters. The van der Waals surface area contributed by atoms with E-state index in [0.29, 0.717) is 0 Å². The number of para-hydroxylation sites is 1. The number of fused-ring (bicyclic) bond motifs is 9. The first-order chi connectivity index (χ1) is 20.2. The number of nitrogens with one attached hydrogen (secondary N) is 1. The lowest BCUT2D eigenvalue weighted by molar-refractivity contribution is -0.105. The minimum Gasteiger partial charge on any atom is -0.328 e. The molecule has 0 bridgehead atoms. The highest BCUT2D eigenvalue weighted by atomic mass is 79.9. The summed E-state index contributed by atoms with van der Waals surface area (Å²) in [5.41, 5.74) is 15.7. The van der Waals surface area contributed by atoms with Crippen molar-refractivity contribution in [3.8, 4) is 33.4 Å². The first-order valence-electron chi connectivity index (χ1n) is 14.1. The van der Waals surface area contributed by atoms with Crippen molar-refractivity contribution in [1.82, 2.24) is 0 Å². The van der Waals surface area contributed by atoms with Crippen molar-refractivity contribution in [2.75, 3.05) is 5.32 Å². The molecule has 41 heavy (non-hydrogen) atoms. The lowest BCUT2D eigenvalue weighted by atomic mass is 9.68. The minimum absolute atomic E-state index is 0.336. The monoisotopic (exact) mass is 591 g/mol. The summed E-state index contributed by atoms with van der Waals surface area (Å²) in [5, 5.41) is 2.95. The molecular formula is C38H26BrNO. The highest BCUT2D eigenvalue weighted by molar-refractivity contribution is 9.10. The normalized spacial score (nSPS) is 17.7. The highest BCUT2D eigenvalue weighted by Gasteiger charge is 2.53. The molecule has 0 saturated heterocycles.